The van der Waals surface area contributed by atoms with E-state index in [0.29, 0.717) is 0 Å². The average molecular weight is 290 g/mol. The minimum Gasteiger partial charge on any atom is -0.494 e. The maximum atomic E-state index is 13.6. The zero-order chi connectivity index (χ0) is 14.7. The molecule has 0 saturated carbocycles. The van der Waals surface area contributed by atoms with Crippen molar-refractivity contribution >= 4 is 0 Å². The Labute approximate surface area is 123 Å². The van der Waals surface area contributed by atoms with Gasteiger partial charge in [0.15, 0.2) is 11.6 Å². The number of benzene rings is 1. The summed E-state index contributed by atoms with van der Waals surface area (Å²) in [5, 5.41) is 3.34. The highest BCUT2D eigenvalue weighted by Crippen LogP contribution is 2.32. The van der Waals surface area contributed by atoms with E-state index < -0.39 is 0 Å². The molecule has 1 aromatic carbocycles. The van der Waals surface area contributed by atoms with Gasteiger partial charge in [-0.2, -0.15) is 0 Å². The van der Waals surface area contributed by atoms with Crippen molar-refractivity contribution < 1.29 is 13.5 Å². The lowest BCUT2D eigenvalue weighted by Gasteiger charge is -2.34. The van der Waals surface area contributed by atoms with Crippen LogP contribution in [0.3, 0.4) is 0 Å². The maximum Gasteiger partial charge on any atom is 0.165 e. The summed E-state index contributed by atoms with van der Waals surface area (Å²) in [4.78, 5) is 2.34. The van der Waals surface area contributed by atoms with Crippen molar-refractivity contribution in [2.24, 2.45) is 0 Å². The number of nitrogens with one attached hydrogen (secondary N) is 1. The minimum atomic E-state index is -0.347. The first kappa shape index (κ1) is 14.1. The number of halogens is 1. The molecular weight excluding hydrogens is 271 g/mol. The van der Waals surface area contributed by atoms with Gasteiger partial charge in [0, 0.05) is 26.2 Å². The first-order valence-corrected chi connectivity index (χ1v) is 7.11. The third-order valence-electron chi connectivity index (χ3n) is 3.82. The molecule has 5 heteroatoms. The van der Waals surface area contributed by atoms with Gasteiger partial charge >= 0.3 is 0 Å². The van der Waals surface area contributed by atoms with Gasteiger partial charge in [0.2, 0.25) is 0 Å². The maximum absolute atomic E-state index is 13.6. The van der Waals surface area contributed by atoms with Crippen LogP contribution in [0.15, 0.2) is 41.0 Å². The fraction of sp³-hybridized carbons (Fsp3) is 0.375. The van der Waals surface area contributed by atoms with Gasteiger partial charge < -0.3 is 14.5 Å². The Kier molecular flexibility index (Phi) is 4.22. The number of nitrogens with zero attached hydrogens (tertiary/aromatic N) is 1. The van der Waals surface area contributed by atoms with Crippen LogP contribution < -0.4 is 10.1 Å². The molecule has 0 unspecified atom stereocenters. The smallest absolute Gasteiger partial charge is 0.165 e. The van der Waals surface area contributed by atoms with Crippen LogP contribution in [0.1, 0.15) is 17.4 Å². The first-order chi connectivity index (χ1) is 10.3. The van der Waals surface area contributed by atoms with Gasteiger partial charge in [-0.1, -0.05) is 6.07 Å². The van der Waals surface area contributed by atoms with Crippen LogP contribution in [0.25, 0.3) is 0 Å². The molecule has 1 saturated heterocycles. The van der Waals surface area contributed by atoms with E-state index in [1.807, 2.05) is 12.1 Å². The van der Waals surface area contributed by atoms with E-state index in [1.165, 1.54) is 13.2 Å². The Hall–Kier alpha value is -1.85. The van der Waals surface area contributed by atoms with Gasteiger partial charge in [-0.15, -0.1) is 0 Å². The highest BCUT2D eigenvalue weighted by atomic mass is 19.1. The van der Waals surface area contributed by atoms with Crippen molar-refractivity contribution in [2.75, 3.05) is 33.3 Å². The molecule has 1 aliphatic heterocycles. The summed E-state index contributed by atoms with van der Waals surface area (Å²) >= 11 is 0. The molecule has 1 fully saturated rings. The summed E-state index contributed by atoms with van der Waals surface area (Å²) in [7, 11) is 1.48. The van der Waals surface area contributed by atoms with Gasteiger partial charge in [0.25, 0.3) is 0 Å². The summed E-state index contributed by atoms with van der Waals surface area (Å²) in [6.45, 7) is 3.72. The number of hydrogen-bond donors (Lipinski definition) is 1. The molecule has 0 bridgehead atoms. The molecule has 1 N–H and O–H groups in total. The van der Waals surface area contributed by atoms with Gasteiger partial charge in [0.05, 0.1) is 19.4 Å². The fourth-order valence-electron chi connectivity index (χ4n) is 2.79. The third-order valence-corrected chi connectivity index (χ3v) is 3.82. The lowest BCUT2D eigenvalue weighted by molar-refractivity contribution is 0.179. The first-order valence-electron chi connectivity index (χ1n) is 7.11. The number of rotatable bonds is 4. The Balaban J connectivity index is 1.98. The van der Waals surface area contributed by atoms with E-state index >= 15 is 0 Å². The zero-order valence-corrected chi connectivity index (χ0v) is 12.0. The minimum absolute atomic E-state index is 0.0170. The van der Waals surface area contributed by atoms with Crippen molar-refractivity contribution in [3.8, 4) is 5.75 Å². The van der Waals surface area contributed by atoms with Crippen LogP contribution in [-0.2, 0) is 0 Å². The fourth-order valence-corrected chi connectivity index (χ4v) is 2.79. The number of hydrogen-bond acceptors (Lipinski definition) is 4. The van der Waals surface area contributed by atoms with E-state index in [-0.39, 0.29) is 17.6 Å². The predicted octanol–water partition coefficient (Wildman–Crippen LogP) is 2.42. The van der Waals surface area contributed by atoms with Gasteiger partial charge in [0.1, 0.15) is 5.76 Å². The van der Waals surface area contributed by atoms with Crippen molar-refractivity contribution in [3.05, 3.63) is 53.7 Å². The van der Waals surface area contributed by atoms with E-state index in [1.54, 1.807) is 18.4 Å². The highest BCUT2D eigenvalue weighted by molar-refractivity contribution is 5.35. The van der Waals surface area contributed by atoms with Crippen LogP contribution in [0.5, 0.6) is 5.75 Å². The molecular formula is C16H19FN2O2. The van der Waals surface area contributed by atoms with Crippen molar-refractivity contribution in [1.29, 1.82) is 0 Å². The second-order valence-corrected chi connectivity index (χ2v) is 5.10. The number of furan rings is 1. The van der Waals surface area contributed by atoms with Gasteiger partial charge in [-0.05, 0) is 29.8 Å². The van der Waals surface area contributed by atoms with E-state index in [0.717, 1.165) is 37.5 Å². The molecule has 1 aromatic heterocycles. The SMILES string of the molecule is COc1cc([C@H](c2ccco2)N2CCNCC2)ccc1F. The largest absolute Gasteiger partial charge is 0.494 e. The Morgan fingerprint density at radius 1 is 1.29 bits per heavy atom. The van der Waals surface area contributed by atoms with Crippen molar-refractivity contribution in [1.82, 2.24) is 10.2 Å². The second kappa shape index (κ2) is 6.28. The monoisotopic (exact) mass is 290 g/mol. The quantitative estimate of drug-likeness (QED) is 0.938. The van der Waals surface area contributed by atoms with Crippen LogP contribution in [0.4, 0.5) is 4.39 Å². The van der Waals surface area contributed by atoms with Crippen LogP contribution in [0, 0.1) is 5.82 Å². The summed E-state index contributed by atoms with van der Waals surface area (Å²) in [5.41, 5.74) is 0.977. The molecule has 0 radical (unpaired) electrons. The summed E-state index contributed by atoms with van der Waals surface area (Å²) < 4.78 is 24.4. The van der Waals surface area contributed by atoms with Crippen LogP contribution in [0.2, 0.25) is 0 Å². The number of piperazine rings is 1. The third kappa shape index (κ3) is 2.94. The molecule has 0 amide bonds. The molecule has 112 valence electrons. The molecule has 2 heterocycles. The normalized spacial score (nSPS) is 17.6. The summed E-state index contributed by atoms with van der Waals surface area (Å²) in [6, 6.07) is 8.83. The molecule has 2 aromatic rings. The average Bonchev–Trinajstić information content (AvgIpc) is 3.04. The lowest BCUT2D eigenvalue weighted by Crippen LogP contribution is -2.45. The molecule has 4 nitrogen and oxygen atoms in total. The van der Waals surface area contributed by atoms with Gasteiger partial charge in [-0.25, -0.2) is 4.39 Å². The van der Waals surface area contributed by atoms with Crippen LogP contribution in [-0.4, -0.2) is 38.2 Å². The Morgan fingerprint density at radius 2 is 2.10 bits per heavy atom. The molecule has 0 aliphatic carbocycles. The molecule has 1 aliphatic rings. The summed E-state index contributed by atoms with van der Waals surface area (Å²) in [5.74, 6) is 0.782. The van der Waals surface area contributed by atoms with Crippen LogP contribution >= 0.6 is 0 Å². The highest BCUT2D eigenvalue weighted by Gasteiger charge is 2.26. The van der Waals surface area contributed by atoms with E-state index in [9.17, 15) is 4.39 Å². The molecule has 1 atom stereocenters. The number of ether oxygens (including phenoxy) is 1. The number of methoxy groups -OCH3 is 1. The lowest BCUT2D eigenvalue weighted by atomic mass is 10.0. The molecule has 21 heavy (non-hydrogen) atoms. The van der Waals surface area contributed by atoms with E-state index in [2.05, 4.69) is 10.2 Å². The Bertz CT molecular complexity index is 580. The molecule has 3 rings (SSSR count). The molecule has 0 spiro atoms. The predicted molar refractivity (Wildman–Crippen MR) is 77.9 cm³/mol. The Morgan fingerprint density at radius 3 is 2.76 bits per heavy atom. The standard InChI is InChI=1S/C16H19FN2O2/c1-20-15-11-12(4-5-13(15)17)16(14-3-2-10-21-14)19-8-6-18-7-9-19/h2-5,10-11,16,18H,6-9H2,1H3/t16-/m1/s1. The zero-order valence-electron chi connectivity index (χ0n) is 12.0. The van der Waals surface area contributed by atoms with Crippen molar-refractivity contribution in [3.63, 3.8) is 0 Å². The van der Waals surface area contributed by atoms with Crippen molar-refractivity contribution in [2.45, 2.75) is 6.04 Å². The van der Waals surface area contributed by atoms with E-state index in [4.69, 9.17) is 9.15 Å². The topological polar surface area (TPSA) is 37.6 Å². The summed E-state index contributed by atoms with van der Waals surface area (Å²) in [6.07, 6.45) is 1.67. The second-order valence-electron chi connectivity index (χ2n) is 5.10. The van der Waals surface area contributed by atoms with Gasteiger partial charge in [-0.3, -0.25) is 4.90 Å².